The first kappa shape index (κ1) is 23.6. The Morgan fingerprint density at radius 1 is 0.919 bits per heavy atom. The Labute approximate surface area is 223 Å². The molecule has 6 rings (SSSR count). The van der Waals surface area contributed by atoms with Gasteiger partial charge in [-0.15, -0.1) is 0 Å². The number of ether oxygens (including phenoxy) is 1. The van der Waals surface area contributed by atoms with Crippen LogP contribution in [0, 0.1) is 11.8 Å². The third-order valence-corrected chi connectivity index (χ3v) is 7.69. The maximum absolute atomic E-state index is 13.9. The quantitative estimate of drug-likeness (QED) is 0.469. The van der Waals surface area contributed by atoms with E-state index in [0.717, 1.165) is 11.1 Å². The lowest BCUT2D eigenvalue weighted by atomic mass is 9.84. The number of hydrogen-bond acceptors (Lipinski definition) is 5. The van der Waals surface area contributed by atoms with E-state index in [1.54, 1.807) is 48.7 Å². The van der Waals surface area contributed by atoms with Gasteiger partial charge in [-0.25, -0.2) is 4.90 Å². The minimum Gasteiger partial charge on any atom is -0.495 e. The molecule has 2 fully saturated rings. The fourth-order valence-electron chi connectivity index (χ4n) is 5.71. The molecule has 3 heterocycles. The van der Waals surface area contributed by atoms with Crippen LogP contribution in [-0.2, 0) is 14.4 Å². The number of rotatable bonds is 4. The SMILES string of the molecule is COc1ccc(Cl)cc1NC(=O)[C@@H]1[C@@H]2C(=O)N(c3cccc(Cl)c3)C(=O)[C@@H]2[C@H]2c3ccccc3C=CN12. The summed E-state index contributed by atoms with van der Waals surface area (Å²) in [4.78, 5) is 44.6. The average Bonchev–Trinajstić information content (AvgIpc) is 3.36. The van der Waals surface area contributed by atoms with Crippen LogP contribution in [-0.4, -0.2) is 35.8 Å². The van der Waals surface area contributed by atoms with Crippen molar-refractivity contribution in [1.29, 1.82) is 0 Å². The fourth-order valence-corrected chi connectivity index (χ4v) is 6.07. The lowest BCUT2D eigenvalue weighted by Crippen LogP contribution is -2.46. The van der Waals surface area contributed by atoms with Gasteiger partial charge in [-0.3, -0.25) is 14.4 Å². The van der Waals surface area contributed by atoms with E-state index >= 15 is 0 Å². The molecule has 3 aromatic rings. The summed E-state index contributed by atoms with van der Waals surface area (Å²) >= 11 is 12.3. The molecule has 2 saturated heterocycles. The Kier molecular flexibility index (Phi) is 5.70. The van der Waals surface area contributed by atoms with Gasteiger partial charge in [-0.1, -0.05) is 53.5 Å². The van der Waals surface area contributed by atoms with E-state index in [1.807, 2.05) is 35.2 Å². The molecule has 1 N–H and O–H groups in total. The van der Waals surface area contributed by atoms with Crippen molar-refractivity contribution in [2.45, 2.75) is 12.1 Å². The van der Waals surface area contributed by atoms with Gasteiger partial charge in [0.1, 0.15) is 11.8 Å². The van der Waals surface area contributed by atoms with Crippen molar-refractivity contribution < 1.29 is 19.1 Å². The molecule has 9 heteroatoms. The van der Waals surface area contributed by atoms with Gasteiger partial charge in [0.25, 0.3) is 0 Å². The smallest absolute Gasteiger partial charge is 0.248 e. The Hall–Kier alpha value is -3.81. The third-order valence-electron chi connectivity index (χ3n) is 7.22. The number of amides is 3. The number of methoxy groups -OCH3 is 1. The van der Waals surface area contributed by atoms with Crippen LogP contribution in [0.1, 0.15) is 17.2 Å². The van der Waals surface area contributed by atoms with Crippen LogP contribution in [0.2, 0.25) is 10.0 Å². The first-order chi connectivity index (χ1) is 17.9. The van der Waals surface area contributed by atoms with Gasteiger partial charge >= 0.3 is 0 Å². The van der Waals surface area contributed by atoms with Gasteiger partial charge in [0, 0.05) is 16.2 Å². The number of hydrogen-bond donors (Lipinski definition) is 1. The molecule has 0 spiro atoms. The molecule has 3 aliphatic heterocycles. The highest BCUT2D eigenvalue weighted by Crippen LogP contribution is 2.53. The van der Waals surface area contributed by atoms with E-state index in [2.05, 4.69) is 5.32 Å². The van der Waals surface area contributed by atoms with E-state index in [-0.39, 0.29) is 5.91 Å². The van der Waals surface area contributed by atoms with E-state index in [1.165, 1.54) is 12.0 Å². The number of nitrogens with zero attached hydrogens (tertiary/aromatic N) is 2. The molecule has 0 aliphatic carbocycles. The van der Waals surface area contributed by atoms with Crippen molar-refractivity contribution in [3.05, 3.63) is 94.1 Å². The average molecular weight is 534 g/mol. The molecule has 0 aromatic heterocycles. The Morgan fingerprint density at radius 2 is 1.68 bits per heavy atom. The topological polar surface area (TPSA) is 79.0 Å². The maximum Gasteiger partial charge on any atom is 0.248 e. The molecule has 4 atom stereocenters. The fraction of sp³-hybridized carbons (Fsp3) is 0.179. The zero-order valence-electron chi connectivity index (χ0n) is 19.6. The second-order valence-corrected chi connectivity index (χ2v) is 10.0. The summed E-state index contributed by atoms with van der Waals surface area (Å²) in [7, 11) is 1.49. The first-order valence-corrected chi connectivity index (χ1v) is 12.5. The van der Waals surface area contributed by atoms with Gasteiger partial charge in [-0.05, 0) is 53.6 Å². The van der Waals surface area contributed by atoms with Gasteiger partial charge in [-0.2, -0.15) is 0 Å². The van der Waals surface area contributed by atoms with Crippen LogP contribution in [0.3, 0.4) is 0 Å². The lowest BCUT2D eigenvalue weighted by Gasteiger charge is -2.35. The van der Waals surface area contributed by atoms with Crippen LogP contribution in [0.25, 0.3) is 6.08 Å². The maximum atomic E-state index is 13.9. The van der Waals surface area contributed by atoms with Crippen LogP contribution in [0.4, 0.5) is 11.4 Å². The predicted octanol–water partition coefficient (Wildman–Crippen LogP) is 5.16. The summed E-state index contributed by atoms with van der Waals surface area (Å²) in [5.41, 5.74) is 2.61. The summed E-state index contributed by atoms with van der Waals surface area (Å²) in [6, 6.07) is 17.8. The summed E-state index contributed by atoms with van der Waals surface area (Å²) in [6.45, 7) is 0. The summed E-state index contributed by atoms with van der Waals surface area (Å²) in [5, 5.41) is 3.71. The largest absolute Gasteiger partial charge is 0.495 e. The van der Waals surface area contributed by atoms with Gasteiger partial charge in [0.15, 0.2) is 0 Å². The molecule has 0 unspecified atom stereocenters. The molecule has 3 aliphatic rings. The van der Waals surface area contributed by atoms with Gasteiger partial charge in [0.2, 0.25) is 17.7 Å². The summed E-state index contributed by atoms with van der Waals surface area (Å²) in [6.07, 6.45) is 3.70. The highest BCUT2D eigenvalue weighted by molar-refractivity contribution is 6.32. The number of imide groups is 1. The van der Waals surface area contributed by atoms with Gasteiger partial charge < -0.3 is 15.0 Å². The third kappa shape index (κ3) is 3.69. The van der Waals surface area contributed by atoms with Crippen LogP contribution < -0.4 is 15.0 Å². The predicted molar refractivity (Wildman–Crippen MR) is 141 cm³/mol. The minimum absolute atomic E-state index is 0.354. The van der Waals surface area contributed by atoms with Crippen molar-refractivity contribution in [1.82, 2.24) is 4.90 Å². The molecule has 0 saturated carbocycles. The number of benzene rings is 3. The standard InChI is InChI=1S/C28H21Cl2N3O4/c1-37-21-10-9-17(30)14-20(21)31-26(34)25-23-22(24-19-8-3-2-5-15(19)11-12-32(24)25)27(35)33(28(23)36)18-7-4-6-16(29)13-18/h2-14,22-25H,1H3,(H,31,34)/t22-,23+,24+,25-/m0/s1. The van der Waals surface area contributed by atoms with Crippen molar-refractivity contribution >= 4 is 58.4 Å². The molecule has 186 valence electrons. The molecule has 7 nitrogen and oxygen atoms in total. The van der Waals surface area contributed by atoms with E-state index in [4.69, 9.17) is 27.9 Å². The zero-order valence-corrected chi connectivity index (χ0v) is 21.1. The summed E-state index contributed by atoms with van der Waals surface area (Å²) in [5.74, 6) is -2.45. The van der Waals surface area contributed by atoms with E-state index in [0.29, 0.717) is 27.2 Å². The second-order valence-electron chi connectivity index (χ2n) is 9.16. The molecule has 37 heavy (non-hydrogen) atoms. The van der Waals surface area contributed by atoms with Crippen molar-refractivity contribution in [3.8, 4) is 5.75 Å². The molecule has 3 amide bonds. The first-order valence-electron chi connectivity index (χ1n) is 11.7. The second kappa shape index (κ2) is 8.94. The van der Waals surface area contributed by atoms with Crippen molar-refractivity contribution in [2.75, 3.05) is 17.3 Å². The molecule has 3 aromatic carbocycles. The number of fused-ring (bicyclic) bond motifs is 5. The number of halogens is 2. The van der Waals surface area contributed by atoms with Crippen LogP contribution >= 0.6 is 23.2 Å². The lowest BCUT2D eigenvalue weighted by molar-refractivity contribution is -0.128. The zero-order chi connectivity index (χ0) is 25.8. The number of carbonyl (C=O) groups is 3. The van der Waals surface area contributed by atoms with Crippen LogP contribution in [0.15, 0.2) is 72.9 Å². The number of carbonyl (C=O) groups excluding carboxylic acids is 3. The van der Waals surface area contributed by atoms with E-state index < -0.39 is 35.7 Å². The number of anilines is 2. The molecule has 0 bridgehead atoms. The van der Waals surface area contributed by atoms with Crippen molar-refractivity contribution in [2.24, 2.45) is 11.8 Å². The Balaban J connectivity index is 1.45. The van der Waals surface area contributed by atoms with E-state index in [9.17, 15) is 14.4 Å². The number of nitrogens with one attached hydrogen (secondary N) is 1. The van der Waals surface area contributed by atoms with Crippen LogP contribution in [0.5, 0.6) is 5.75 Å². The highest BCUT2D eigenvalue weighted by Gasteiger charge is 2.64. The molecule has 0 radical (unpaired) electrons. The highest BCUT2D eigenvalue weighted by atomic mass is 35.5. The summed E-state index contributed by atoms with van der Waals surface area (Å²) < 4.78 is 5.39. The molecular weight excluding hydrogens is 513 g/mol. The Bertz CT molecular complexity index is 1490. The van der Waals surface area contributed by atoms with Gasteiger partial charge in [0.05, 0.1) is 36.4 Å². The Morgan fingerprint density at radius 3 is 2.46 bits per heavy atom. The van der Waals surface area contributed by atoms with Crippen molar-refractivity contribution in [3.63, 3.8) is 0 Å². The molecular formula is C28H21Cl2N3O4. The normalized spacial score (nSPS) is 23.5. The monoisotopic (exact) mass is 533 g/mol. The minimum atomic E-state index is -0.941.